The van der Waals surface area contributed by atoms with Crippen LogP contribution >= 0.6 is 11.3 Å². The third kappa shape index (κ3) is 5.45. The van der Waals surface area contributed by atoms with E-state index in [4.69, 9.17) is 9.40 Å². The molecule has 1 unspecified atom stereocenters. The topological polar surface area (TPSA) is 29.3 Å². The highest BCUT2D eigenvalue weighted by Crippen LogP contribution is 2.45. The van der Waals surface area contributed by atoms with Crippen LogP contribution in [0, 0.1) is 0 Å². The molecule has 4 heteroatoms. The quantitative estimate of drug-likeness (QED) is 0.171. The maximum Gasteiger partial charge on any atom is 0.137 e. The van der Waals surface area contributed by atoms with Gasteiger partial charge >= 0.3 is 0 Å². The van der Waals surface area contributed by atoms with E-state index < -0.39 is 0 Å². The molecule has 1 atom stereocenters. The van der Waals surface area contributed by atoms with Crippen molar-refractivity contribution in [3.8, 4) is 32.8 Å². The van der Waals surface area contributed by atoms with Crippen LogP contribution in [-0.4, -0.2) is 4.98 Å². The summed E-state index contributed by atoms with van der Waals surface area (Å²) in [6.45, 7) is 0. The largest absolute Gasteiger partial charge is 0.456 e. The number of hydrogen-bond donors (Lipinski definition) is 0. The first-order valence-corrected chi connectivity index (χ1v) is 19.6. The van der Waals surface area contributed by atoms with Gasteiger partial charge in [0.2, 0.25) is 0 Å². The highest BCUT2D eigenvalue weighted by molar-refractivity contribution is 7.22. The molecule has 0 saturated carbocycles. The molecule has 0 fully saturated rings. The Labute approximate surface area is 323 Å². The summed E-state index contributed by atoms with van der Waals surface area (Å²) in [4.78, 5) is 7.36. The third-order valence-electron chi connectivity index (χ3n) is 11.1. The average Bonchev–Trinajstić information content (AvgIpc) is 3.86. The van der Waals surface area contributed by atoms with Crippen molar-refractivity contribution in [2.24, 2.45) is 0 Å². The number of aromatic nitrogens is 1. The first kappa shape index (κ1) is 31.7. The number of furan rings is 1. The number of thiazole rings is 1. The summed E-state index contributed by atoms with van der Waals surface area (Å²) < 4.78 is 7.79. The van der Waals surface area contributed by atoms with Crippen molar-refractivity contribution in [3.63, 3.8) is 0 Å². The van der Waals surface area contributed by atoms with Crippen molar-refractivity contribution in [1.29, 1.82) is 0 Å². The summed E-state index contributed by atoms with van der Waals surface area (Å²) in [6.07, 6.45) is 0.984. The van der Waals surface area contributed by atoms with Crippen LogP contribution in [0.4, 0.5) is 17.1 Å². The van der Waals surface area contributed by atoms with Gasteiger partial charge in [-0.25, -0.2) is 4.98 Å². The lowest BCUT2D eigenvalue weighted by Crippen LogP contribution is -2.13. The van der Waals surface area contributed by atoms with Crippen molar-refractivity contribution in [1.82, 2.24) is 4.98 Å². The van der Waals surface area contributed by atoms with Crippen LogP contribution in [-0.2, 0) is 6.42 Å². The number of benzene rings is 8. The maximum atomic E-state index is 6.64. The average molecular weight is 723 g/mol. The number of nitrogens with zero attached hydrogens (tertiary/aromatic N) is 2. The van der Waals surface area contributed by atoms with Gasteiger partial charge in [0.05, 0.1) is 10.2 Å². The highest BCUT2D eigenvalue weighted by Gasteiger charge is 2.26. The lowest BCUT2D eigenvalue weighted by Gasteiger charge is -2.29. The first-order valence-electron chi connectivity index (χ1n) is 18.8. The fraction of sp³-hybridized carbons (Fsp3) is 0.0392. The zero-order chi connectivity index (χ0) is 36.3. The van der Waals surface area contributed by atoms with E-state index in [1.807, 2.05) is 6.07 Å². The summed E-state index contributed by atoms with van der Waals surface area (Å²) in [5.74, 6) is 0.285. The van der Waals surface area contributed by atoms with E-state index in [9.17, 15) is 0 Å². The van der Waals surface area contributed by atoms with E-state index >= 15 is 0 Å². The maximum absolute atomic E-state index is 6.64. The van der Waals surface area contributed by atoms with Crippen LogP contribution in [0.15, 0.2) is 192 Å². The van der Waals surface area contributed by atoms with Crippen LogP contribution in [0.1, 0.15) is 22.6 Å². The Hall–Kier alpha value is -6.75. The van der Waals surface area contributed by atoms with Gasteiger partial charge in [0.15, 0.2) is 0 Å². The number of anilines is 3. The summed E-state index contributed by atoms with van der Waals surface area (Å²) in [5.41, 5.74) is 16.2. The lowest BCUT2D eigenvalue weighted by molar-refractivity contribution is 0.669. The van der Waals surface area contributed by atoms with E-state index in [2.05, 4.69) is 187 Å². The smallest absolute Gasteiger partial charge is 0.137 e. The van der Waals surface area contributed by atoms with Gasteiger partial charge in [-0.1, -0.05) is 133 Å². The van der Waals surface area contributed by atoms with Gasteiger partial charge in [0, 0.05) is 45.4 Å². The lowest BCUT2D eigenvalue weighted by atomic mass is 9.76. The van der Waals surface area contributed by atoms with Gasteiger partial charge in [-0.3, -0.25) is 0 Å². The molecule has 8 aromatic carbocycles. The molecule has 0 bridgehead atoms. The number of rotatable bonds is 6. The van der Waals surface area contributed by atoms with E-state index in [1.165, 1.54) is 38.9 Å². The number of fused-ring (bicyclic) bond motifs is 8. The van der Waals surface area contributed by atoms with E-state index in [1.54, 1.807) is 11.3 Å². The van der Waals surface area contributed by atoms with Crippen LogP contribution in [0.25, 0.3) is 65.0 Å². The van der Waals surface area contributed by atoms with Crippen molar-refractivity contribution >= 4 is 60.6 Å². The van der Waals surface area contributed by atoms with Crippen LogP contribution in [0.3, 0.4) is 0 Å². The van der Waals surface area contributed by atoms with Gasteiger partial charge < -0.3 is 9.32 Å². The van der Waals surface area contributed by atoms with E-state index in [0.29, 0.717) is 0 Å². The summed E-state index contributed by atoms with van der Waals surface area (Å²) >= 11 is 1.73. The Morgan fingerprint density at radius 1 is 0.527 bits per heavy atom. The monoisotopic (exact) mass is 722 g/mol. The minimum Gasteiger partial charge on any atom is -0.456 e. The second-order valence-electron chi connectivity index (χ2n) is 14.3. The van der Waals surface area contributed by atoms with Crippen LogP contribution in [0.5, 0.6) is 0 Å². The normalized spacial score (nSPS) is 13.6. The van der Waals surface area contributed by atoms with Crippen molar-refractivity contribution in [3.05, 3.63) is 205 Å². The molecular weight excluding hydrogens is 689 g/mol. The van der Waals surface area contributed by atoms with Crippen molar-refractivity contribution in [2.45, 2.75) is 12.3 Å². The molecule has 55 heavy (non-hydrogen) atoms. The molecule has 0 spiro atoms. The van der Waals surface area contributed by atoms with Gasteiger partial charge in [0.1, 0.15) is 16.2 Å². The van der Waals surface area contributed by atoms with Gasteiger partial charge in [-0.15, -0.1) is 11.3 Å². The molecule has 2 aromatic heterocycles. The molecule has 0 radical (unpaired) electrons. The molecule has 11 rings (SSSR count). The zero-order valence-electron chi connectivity index (χ0n) is 29.9. The predicted octanol–water partition coefficient (Wildman–Crippen LogP) is 14.4. The highest BCUT2D eigenvalue weighted by atomic mass is 32.1. The molecule has 10 aromatic rings. The fourth-order valence-electron chi connectivity index (χ4n) is 8.47. The molecule has 1 aliphatic rings. The molecule has 0 saturated heterocycles. The zero-order valence-corrected chi connectivity index (χ0v) is 30.7. The minimum absolute atomic E-state index is 0.285. The third-order valence-corrected chi connectivity index (χ3v) is 12.2. The Kier molecular flexibility index (Phi) is 7.49. The second-order valence-corrected chi connectivity index (χ2v) is 15.3. The summed E-state index contributed by atoms with van der Waals surface area (Å²) in [5, 5.41) is 3.23. The molecule has 260 valence electrons. The summed E-state index contributed by atoms with van der Waals surface area (Å²) in [7, 11) is 0. The molecule has 3 nitrogen and oxygen atoms in total. The van der Waals surface area contributed by atoms with Gasteiger partial charge in [0.25, 0.3) is 0 Å². The fourth-order valence-corrected chi connectivity index (χ4v) is 9.59. The van der Waals surface area contributed by atoms with Crippen molar-refractivity contribution < 1.29 is 4.42 Å². The Bertz CT molecular complexity index is 3020. The van der Waals surface area contributed by atoms with E-state index in [0.717, 1.165) is 66.2 Å². The standard InChI is InChI=1S/C51H34N2OS/c1-3-12-33(13-4-1)36-17-11-18-39(30-36)53(38-24-22-34(23-25-38)45-31-37-16-7-8-19-41(37)42-20-9-10-21-43(42)45)40-26-27-44-48(32-40)54-47-29-28-46-50(49(44)47)55-51(52-46)35-14-5-2-6-15-35/h1-30,32,45H,31H2. The van der Waals surface area contributed by atoms with Gasteiger partial charge in [-0.2, -0.15) is 0 Å². The van der Waals surface area contributed by atoms with Crippen LogP contribution < -0.4 is 4.90 Å². The molecule has 0 aliphatic heterocycles. The predicted molar refractivity (Wildman–Crippen MR) is 230 cm³/mol. The second kappa shape index (κ2) is 13.0. The Morgan fingerprint density at radius 2 is 1.22 bits per heavy atom. The Morgan fingerprint density at radius 3 is 2.05 bits per heavy atom. The molecule has 0 N–H and O–H groups in total. The first-order chi connectivity index (χ1) is 27.2. The minimum atomic E-state index is 0.285. The van der Waals surface area contributed by atoms with E-state index in [-0.39, 0.29) is 5.92 Å². The SMILES string of the molecule is c1ccc(-c2cccc(N(c3ccc(C4Cc5ccccc5-c5ccccc54)cc3)c3ccc4c(c3)oc3ccc5nc(-c6ccccc6)sc5c34)c2)cc1. The number of hydrogen-bond acceptors (Lipinski definition) is 4. The summed E-state index contributed by atoms with van der Waals surface area (Å²) in [6, 6.07) is 67.6. The van der Waals surface area contributed by atoms with Crippen LogP contribution in [0.2, 0.25) is 0 Å². The van der Waals surface area contributed by atoms with Crippen molar-refractivity contribution in [2.75, 3.05) is 4.90 Å². The molecule has 0 amide bonds. The molecular formula is C51H34N2OS. The molecule has 2 heterocycles. The molecule has 1 aliphatic carbocycles. The van der Waals surface area contributed by atoms with Gasteiger partial charge in [-0.05, 0) is 93.9 Å². The Balaban J connectivity index is 1.03.